The Morgan fingerprint density at radius 2 is 1.90 bits per heavy atom. The molecule has 2 aromatic rings. The molecule has 20 heavy (non-hydrogen) atoms. The number of rotatable bonds is 4. The van der Waals surface area contributed by atoms with E-state index < -0.39 is 27.4 Å². The molecular weight excluding hydrogens is 287 g/mol. The van der Waals surface area contributed by atoms with Gasteiger partial charge in [0.15, 0.2) is 9.84 Å². The molecule has 0 aliphatic carbocycles. The zero-order chi connectivity index (χ0) is 14.9. The lowest BCUT2D eigenvalue weighted by Gasteiger charge is -2.02. The smallest absolute Gasteiger partial charge is 0.339 e. The van der Waals surface area contributed by atoms with Gasteiger partial charge in [0.1, 0.15) is 28.7 Å². The van der Waals surface area contributed by atoms with Crippen molar-refractivity contribution in [1.29, 1.82) is 0 Å². The first-order chi connectivity index (χ1) is 9.29. The summed E-state index contributed by atoms with van der Waals surface area (Å²) >= 11 is 0. The molecule has 7 heteroatoms. The second-order valence-electron chi connectivity index (χ2n) is 4.20. The maximum Gasteiger partial charge on any atom is 0.339 e. The minimum absolute atomic E-state index is 0.0317. The maximum absolute atomic E-state index is 12.8. The third-order valence-electron chi connectivity index (χ3n) is 2.70. The second-order valence-corrected chi connectivity index (χ2v) is 6.19. The summed E-state index contributed by atoms with van der Waals surface area (Å²) in [4.78, 5) is 10.8. The largest absolute Gasteiger partial charge is 0.478 e. The number of carboxylic acids is 1. The number of hydrogen-bond acceptors (Lipinski definition) is 4. The number of aromatic carboxylic acids is 1. The molecular formula is C13H11FO5S. The van der Waals surface area contributed by atoms with E-state index in [2.05, 4.69) is 0 Å². The first kappa shape index (κ1) is 14.3. The molecule has 0 atom stereocenters. The topological polar surface area (TPSA) is 84.6 Å². The maximum atomic E-state index is 12.8. The number of hydrogen-bond donors (Lipinski definition) is 1. The molecule has 0 fully saturated rings. The van der Waals surface area contributed by atoms with Crippen molar-refractivity contribution in [2.24, 2.45) is 0 Å². The Kier molecular flexibility index (Phi) is 3.63. The molecule has 0 saturated carbocycles. The van der Waals surface area contributed by atoms with Crippen LogP contribution in [0.1, 0.15) is 21.9 Å². The standard InChI is InChI=1S/C13H11FO5S/c1-8-12(13(15)16)6-10(19-8)7-20(17,18)11-4-2-9(14)3-5-11/h2-6H,7H2,1H3,(H,15,16). The van der Waals surface area contributed by atoms with E-state index in [1.165, 1.54) is 13.0 Å². The predicted octanol–water partition coefficient (Wildman–Crippen LogP) is 2.40. The Labute approximate surface area is 114 Å². The summed E-state index contributed by atoms with van der Waals surface area (Å²) in [5.74, 6) is -2.03. The van der Waals surface area contributed by atoms with Gasteiger partial charge in [-0.15, -0.1) is 0 Å². The quantitative estimate of drug-likeness (QED) is 0.876. The average molecular weight is 298 g/mol. The van der Waals surface area contributed by atoms with Crippen molar-refractivity contribution in [3.63, 3.8) is 0 Å². The Morgan fingerprint density at radius 1 is 1.30 bits per heavy atom. The van der Waals surface area contributed by atoms with Crippen molar-refractivity contribution in [2.75, 3.05) is 0 Å². The first-order valence-electron chi connectivity index (χ1n) is 5.60. The monoisotopic (exact) mass is 298 g/mol. The summed E-state index contributed by atoms with van der Waals surface area (Å²) in [6.07, 6.45) is 0. The number of carboxylic acid groups (broad SMARTS) is 1. The first-order valence-corrected chi connectivity index (χ1v) is 7.26. The predicted molar refractivity (Wildman–Crippen MR) is 67.7 cm³/mol. The van der Waals surface area contributed by atoms with Crippen molar-refractivity contribution in [3.05, 3.63) is 53.2 Å². The third-order valence-corrected chi connectivity index (χ3v) is 4.36. The van der Waals surface area contributed by atoms with E-state index in [9.17, 15) is 17.6 Å². The zero-order valence-electron chi connectivity index (χ0n) is 10.5. The van der Waals surface area contributed by atoms with Crippen LogP contribution in [0.5, 0.6) is 0 Å². The van der Waals surface area contributed by atoms with Gasteiger partial charge in [-0.1, -0.05) is 0 Å². The highest BCUT2D eigenvalue weighted by molar-refractivity contribution is 7.90. The molecule has 1 N–H and O–H groups in total. The molecule has 1 heterocycles. The average Bonchev–Trinajstić information content (AvgIpc) is 2.70. The summed E-state index contributed by atoms with van der Waals surface area (Å²) in [7, 11) is -3.71. The van der Waals surface area contributed by atoms with Crippen LogP contribution >= 0.6 is 0 Å². The van der Waals surface area contributed by atoms with Crippen LogP contribution in [0.15, 0.2) is 39.6 Å². The minimum Gasteiger partial charge on any atom is -0.478 e. The summed E-state index contributed by atoms with van der Waals surface area (Å²) in [5, 5.41) is 8.87. The van der Waals surface area contributed by atoms with Crippen molar-refractivity contribution in [1.82, 2.24) is 0 Å². The molecule has 2 rings (SSSR count). The van der Waals surface area contributed by atoms with E-state index in [-0.39, 0.29) is 22.0 Å². The van der Waals surface area contributed by atoms with Crippen LogP contribution in [0.3, 0.4) is 0 Å². The molecule has 5 nitrogen and oxygen atoms in total. The molecule has 0 spiro atoms. The minimum atomic E-state index is -3.71. The van der Waals surface area contributed by atoms with Gasteiger partial charge in [0.25, 0.3) is 0 Å². The fraction of sp³-hybridized carbons (Fsp3) is 0.154. The molecule has 1 aromatic carbocycles. The molecule has 106 valence electrons. The van der Waals surface area contributed by atoms with Crippen LogP contribution in [0, 0.1) is 12.7 Å². The second kappa shape index (κ2) is 5.09. The Balaban J connectivity index is 2.31. The van der Waals surface area contributed by atoms with Gasteiger partial charge in [-0.2, -0.15) is 0 Å². The molecule has 0 unspecified atom stereocenters. The Morgan fingerprint density at radius 3 is 2.40 bits per heavy atom. The summed E-state index contributed by atoms with van der Waals surface area (Å²) < 4.78 is 42.0. The number of aryl methyl sites for hydroxylation is 1. The van der Waals surface area contributed by atoms with E-state index >= 15 is 0 Å². The molecule has 0 radical (unpaired) electrons. The van der Waals surface area contributed by atoms with E-state index in [0.29, 0.717) is 0 Å². The lowest BCUT2D eigenvalue weighted by atomic mass is 10.2. The normalized spacial score (nSPS) is 11.5. The van der Waals surface area contributed by atoms with E-state index in [0.717, 1.165) is 24.3 Å². The summed E-state index contributed by atoms with van der Waals surface area (Å²) in [5.41, 5.74) is -0.0747. The van der Waals surface area contributed by atoms with Crippen LogP contribution < -0.4 is 0 Å². The molecule has 0 aliphatic rings. The van der Waals surface area contributed by atoms with Gasteiger partial charge in [-0.3, -0.25) is 0 Å². The highest BCUT2D eigenvalue weighted by atomic mass is 32.2. The van der Waals surface area contributed by atoms with Crippen molar-refractivity contribution in [3.8, 4) is 0 Å². The highest BCUT2D eigenvalue weighted by Gasteiger charge is 2.21. The van der Waals surface area contributed by atoms with Crippen LogP contribution in [-0.4, -0.2) is 19.5 Å². The molecule has 1 aromatic heterocycles. The lowest BCUT2D eigenvalue weighted by molar-refractivity contribution is 0.0695. The van der Waals surface area contributed by atoms with Crippen LogP contribution in [0.25, 0.3) is 0 Å². The molecule has 0 bridgehead atoms. The van der Waals surface area contributed by atoms with E-state index in [4.69, 9.17) is 9.52 Å². The molecule has 0 saturated heterocycles. The van der Waals surface area contributed by atoms with Crippen LogP contribution in [-0.2, 0) is 15.6 Å². The Hall–Kier alpha value is -2.15. The van der Waals surface area contributed by atoms with Crippen molar-refractivity contribution in [2.45, 2.75) is 17.6 Å². The van der Waals surface area contributed by atoms with Gasteiger partial charge >= 0.3 is 5.97 Å². The van der Waals surface area contributed by atoms with Gasteiger partial charge in [-0.05, 0) is 37.3 Å². The van der Waals surface area contributed by atoms with Gasteiger partial charge in [-0.25, -0.2) is 17.6 Å². The van der Waals surface area contributed by atoms with Crippen molar-refractivity contribution >= 4 is 15.8 Å². The van der Waals surface area contributed by atoms with Gasteiger partial charge in [0, 0.05) is 0 Å². The number of halogens is 1. The summed E-state index contributed by atoms with van der Waals surface area (Å²) in [6.45, 7) is 1.44. The SMILES string of the molecule is Cc1oc(CS(=O)(=O)c2ccc(F)cc2)cc1C(=O)O. The van der Waals surface area contributed by atoms with Crippen molar-refractivity contribution < 1.29 is 27.1 Å². The summed E-state index contributed by atoms with van der Waals surface area (Å²) in [6, 6.07) is 5.57. The third kappa shape index (κ3) is 2.88. The number of sulfone groups is 1. The molecule has 0 aliphatic heterocycles. The van der Waals surface area contributed by atoms with E-state index in [1.54, 1.807) is 0 Å². The van der Waals surface area contributed by atoms with Gasteiger partial charge in [0.05, 0.1) is 4.90 Å². The Bertz CT molecular complexity index is 744. The fourth-order valence-electron chi connectivity index (χ4n) is 1.74. The van der Waals surface area contributed by atoms with Crippen LogP contribution in [0.4, 0.5) is 4.39 Å². The van der Waals surface area contributed by atoms with Crippen LogP contribution in [0.2, 0.25) is 0 Å². The number of carbonyl (C=O) groups is 1. The zero-order valence-corrected chi connectivity index (χ0v) is 11.3. The number of furan rings is 1. The molecule has 0 amide bonds. The highest BCUT2D eigenvalue weighted by Crippen LogP contribution is 2.21. The van der Waals surface area contributed by atoms with E-state index in [1.807, 2.05) is 0 Å². The fourth-order valence-corrected chi connectivity index (χ4v) is 2.97. The number of benzene rings is 1. The lowest BCUT2D eigenvalue weighted by Crippen LogP contribution is -2.04. The van der Waals surface area contributed by atoms with Gasteiger partial charge < -0.3 is 9.52 Å². The van der Waals surface area contributed by atoms with Gasteiger partial charge in [0.2, 0.25) is 0 Å².